The Morgan fingerprint density at radius 1 is 1.06 bits per heavy atom. The molecule has 6 nitrogen and oxygen atoms in total. The lowest BCUT2D eigenvalue weighted by atomic mass is 9.86. The number of H-pyrrole nitrogens is 1. The lowest BCUT2D eigenvalue weighted by Crippen LogP contribution is -2.20. The maximum atomic E-state index is 12.7. The van der Waals surface area contributed by atoms with Crippen LogP contribution in [0.1, 0.15) is 38.3 Å². The van der Waals surface area contributed by atoms with E-state index in [1.807, 2.05) is 36.5 Å². The first-order valence-corrected chi connectivity index (χ1v) is 11.1. The Bertz CT molecular complexity index is 1240. The fraction of sp³-hybridized carbons (Fsp3) is 0.308. The molecule has 0 fully saturated rings. The van der Waals surface area contributed by atoms with Gasteiger partial charge in [0.15, 0.2) is 0 Å². The van der Waals surface area contributed by atoms with Gasteiger partial charge < -0.3 is 16.0 Å². The highest BCUT2D eigenvalue weighted by molar-refractivity contribution is 5.82. The van der Waals surface area contributed by atoms with Gasteiger partial charge in [-0.3, -0.25) is 4.57 Å². The van der Waals surface area contributed by atoms with Gasteiger partial charge in [-0.1, -0.05) is 57.2 Å². The molecule has 4 rings (SSSR count). The van der Waals surface area contributed by atoms with E-state index < -0.39 is 0 Å². The van der Waals surface area contributed by atoms with Crippen molar-refractivity contribution in [3.63, 3.8) is 0 Å². The van der Waals surface area contributed by atoms with Crippen LogP contribution in [-0.4, -0.2) is 27.6 Å². The fourth-order valence-electron chi connectivity index (χ4n) is 3.72. The zero-order valence-electron chi connectivity index (χ0n) is 19.0. The molecule has 0 aliphatic heterocycles. The van der Waals surface area contributed by atoms with Crippen molar-refractivity contribution in [2.75, 3.05) is 13.1 Å². The van der Waals surface area contributed by atoms with E-state index >= 15 is 0 Å². The zero-order valence-corrected chi connectivity index (χ0v) is 19.0. The Kier molecular flexibility index (Phi) is 6.26. The van der Waals surface area contributed by atoms with E-state index in [1.165, 1.54) is 5.56 Å². The van der Waals surface area contributed by atoms with E-state index in [2.05, 4.69) is 60.3 Å². The maximum absolute atomic E-state index is 12.7. The molecule has 2 heterocycles. The quantitative estimate of drug-likeness (QED) is 0.386. The van der Waals surface area contributed by atoms with Gasteiger partial charge in [0.05, 0.1) is 5.69 Å². The number of benzene rings is 2. The Morgan fingerprint density at radius 3 is 2.44 bits per heavy atom. The smallest absolute Gasteiger partial charge is 0.339 e. The first-order chi connectivity index (χ1) is 15.3. The molecule has 0 bridgehead atoms. The van der Waals surface area contributed by atoms with E-state index in [-0.39, 0.29) is 11.1 Å². The van der Waals surface area contributed by atoms with Crippen molar-refractivity contribution in [2.24, 2.45) is 5.73 Å². The summed E-state index contributed by atoms with van der Waals surface area (Å²) in [6, 6.07) is 18.5. The Hall–Kier alpha value is -3.22. The second-order valence-corrected chi connectivity index (χ2v) is 9.19. The van der Waals surface area contributed by atoms with Crippen LogP contribution in [0, 0.1) is 0 Å². The number of rotatable bonds is 7. The van der Waals surface area contributed by atoms with Crippen LogP contribution in [0.25, 0.3) is 28.0 Å². The van der Waals surface area contributed by atoms with Gasteiger partial charge in [-0.15, -0.1) is 0 Å². The Labute approximate surface area is 188 Å². The molecular formula is C26H31N5O. The van der Waals surface area contributed by atoms with Gasteiger partial charge in [-0.05, 0) is 59.8 Å². The van der Waals surface area contributed by atoms with Gasteiger partial charge in [0.25, 0.3) is 0 Å². The van der Waals surface area contributed by atoms with Gasteiger partial charge >= 0.3 is 5.69 Å². The highest BCUT2D eigenvalue weighted by Crippen LogP contribution is 2.27. The molecule has 4 aromatic rings. The summed E-state index contributed by atoms with van der Waals surface area (Å²) in [5.74, 6) is 0. The molecule has 0 aliphatic carbocycles. The van der Waals surface area contributed by atoms with Gasteiger partial charge in [0.1, 0.15) is 5.65 Å². The molecule has 0 saturated heterocycles. The van der Waals surface area contributed by atoms with Crippen LogP contribution in [0.15, 0.2) is 65.6 Å². The molecule has 0 amide bonds. The van der Waals surface area contributed by atoms with Crippen LogP contribution in [0.3, 0.4) is 0 Å². The van der Waals surface area contributed by atoms with Crippen LogP contribution >= 0.6 is 0 Å². The molecule has 0 radical (unpaired) electrons. The number of nitrogens with zero attached hydrogens (tertiary/aromatic N) is 2. The third-order valence-corrected chi connectivity index (χ3v) is 5.67. The lowest BCUT2D eigenvalue weighted by Gasteiger charge is -2.18. The topological polar surface area (TPSA) is 88.7 Å². The normalized spacial score (nSPS) is 11.9. The molecule has 2 aromatic carbocycles. The number of hydrogen-bond donors (Lipinski definition) is 3. The number of aromatic amines is 1. The highest BCUT2D eigenvalue weighted by atomic mass is 16.1. The third kappa shape index (κ3) is 4.82. The molecule has 6 heteroatoms. The summed E-state index contributed by atoms with van der Waals surface area (Å²) >= 11 is 0. The summed E-state index contributed by atoms with van der Waals surface area (Å²) in [5.41, 5.74) is 11.2. The number of hydrogen-bond acceptors (Lipinski definition) is 4. The minimum Gasteiger partial charge on any atom is -0.339 e. The summed E-state index contributed by atoms with van der Waals surface area (Å²) < 4.78 is 1.59. The predicted octanol–water partition coefficient (Wildman–Crippen LogP) is 4.12. The molecule has 0 saturated carbocycles. The monoisotopic (exact) mass is 429 g/mol. The molecule has 32 heavy (non-hydrogen) atoms. The minimum atomic E-state index is -0.303. The molecule has 0 unspecified atom stereocenters. The standard InChI is InChI=1S/C26H31N5O/c1-26(2,3)21-9-7-19(8-10-21)23-15-20-17-31(25(32)30-24(20)29-23)22-11-5-18(6-12-22)16-28-14-4-13-27/h5-12,15,17,28H,4,13-14,16,27H2,1-3H3,(H,29,30,32). The summed E-state index contributed by atoms with van der Waals surface area (Å²) in [5, 5.41) is 4.26. The first-order valence-electron chi connectivity index (χ1n) is 11.1. The maximum Gasteiger partial charge on any atom is 0.354 e. The van der Waals surface area contributed by atoms with Crippen molar-refractivity contribution in [1.82, 2.24) is 19.9 Å². The third-order valence-electron chi connectivity index (χ3n) is 5.67. The van der Waals surface area contributed by atoms with E-state index in [0.717, 1.165) is 47.4 Å². The number of aromatic nitrogens is 3. The predicted molar refractivity (Wildman–Crippen MR) is 131 cm³/mol. The first kappa shape index (κ1) is 22.0. The van der Waals surface area contributed by atoms with Crippen molar-refractivity contribution in [2.45, 2.75) is 39.2 Å². The summed E-state index contributed by atoms with van der Waals surface area (Å²) in [4.78, 5) is 20.2. The van der Waals surface area contributed by atoms with Crippen LogP contribution in [0.2, 0.25) is 0 Å². The number of nitrogens with two attached hydrogens (primary N) is 1. The second-order valence-electron chi connectivity index (χ2n) is 9.19. The minimum absolute atomic E-state index is 0.111. The van der Waals surface area contributed by atoms with Crippen LogP contribution in [0.5, 0.6) is 0 Å². The van der Waals surface area contributed by atoms with Crippen LogP contribution in [0.4, 0.5) is 0 Å². The van der Waals surface area contributed by atoms with Crippen molar-refractivity contribution >= 4 is 11.0 Å². The van der Waals surface area contributed by atoms with Crippen molar-refractivity contribution in [3.05, 3.63) is 82.4 Å². The summed E-state index contributed by atoms with van der Waals surface area (Å²) in [7, 11) is 0. The lowest BCUT2D eigenvalue weighted by molar-refractivity contribution is 0.590. The SMILES string of the molecule is CC(C)(C)c1ccc(-c2cc3cn(-c4ccc(CNCCCN)cc4)c(=O)nc3[nH]2)cc1. The zero-order chi connectivity index (χ0) is 22.7. The van der Waals surface area contributed by atoms with Gasteiger partial charge in [0.2, 0.25) is 0 Å². The van der Waals surface area contributed by atoms with Crippen molar-refractivity contribution in [1.29, 1.82) is 0 Å². The van der Waals surface area contributed by atoms with Gasteiger partial charge in [-0.25, -0.2) is 4.79 Å². The molecule has 4 N–H and O–H groups in total. The summed E-state index contributed by atoms with van der Waals surface area (Å²) in [6.45, 7) is 8.97. The van der Waals surface area contributed by atoms with Gasteiger partial charge in [-0.2, -0.15) is 4.98 Å². The fourth-order valence-corrected chi connectivity index (χ4v) is 3.72. The Balaban J connectivity index is 1.58. The van der Waals surface area contributed by atoms with Crippen molar-refractivity contribution < 1.29 is 0 Å². The second kappa shape index (κ2) is 9.10. The molecule has 0 aliphatic rings. The molecular weight excluding hydrogens is 398 g/mol. The number of fused-ring (bicyclic) bond motifs is 1. The van der Waals surface area contributed by atoms with Crippen LogP contribution in [-0.2, 0) is 12.0 Å². The molecule has 166 valence electrons. The van der Waals surface area contributed by atoms with E-state index in [0.29, 0.717) is 12.2 Å². The molecule has 0 atom stereocenters. The molecule has 2 aromatic heterocycles. The Morgan fingerprint density at radius 2 is 1.78 bits per heavy atom. The van der Waals surface area contributed by atoms with Crippen molar-refractivity contribution in [3.8, 4) is 16.9 Å². The molecule has 0 spiro atoms. The average molecular weight is 430 g/mol. The van der Waals surface area contributed by atoms with E-state index in [1.54, 1.807) is 4.57 Å². The van der Waals surface area contributed by atoms with E-state index in [4.69, 9.17) is 5.73 Å². The van der Waals surface area contributed by atoms with Crippen LogP contribution < -0.4 is 16.7 Å². The number of nitrogens with one attached hydrogen (secondary N) is 2. The average Bonchev–Trinajstić information content (AvgIpc) is 3.19. The highest BCUT2D eigenvalue weighted by Gasteiger charge is 2.14. The largest absolute Gasteiger partial charge is 0.354 e. The van der Waals surface area contributed by atoms with E-state index in [9.17, 15) is 4.79 Å². The van der Waals surface area contributed by atoms with Gasteiger partial charge in [0, 0.05) is 23.8 Å². The summed E-state index contributed by atoms with van der Waals surface area (Å²) in [6.07, 6.45) is 2.81.